The Bertz CT molecular complexity index is 817. The summed E-state index contributed by atoms with van der Waals surface area (Å²) in [7, 11) is 0. The average Bonchev–Trinajstić information content (AvgIpc) is 2.71. The second-order valence-corrected chi connectivity index (χ2v) is 6.64. The molecule has 1 N–H and O–H groups in total. The van der Waals surface area contributed by atoms with Gasteiger partial charge >= 0.3 is 0 Å². The predicted molar refractivity (Wildman–Crippen MR) is 110 cm³/mol. The van der Waals surface area contributed by atoms with Crippen molar-refractivity contribution in [2.75, 3.05) is 18.5 Å². The van der Waals surface area contributed by atoms with Gasteiger partial charge in [0.1, 0.15) is 30.5 Å². The molecule has 2 aromatic carbocycles. The van der Waals surface area contributed by atoms with Crippen LogP contribution in [0.25, 0.3) is 0 Å². The van der Waals surface area contributed by atoms with Gasteiger partial charge in [0.25, 0.3) is 0 Å². The van der Waals surface area contributed by atoms with Crippen LogP contribution in [0.4, 0.5) is 5.82 Å². The number of benzene rings is 2. The van der Waals surface area contributed by atoms with Crippen molar-refractivity contribution in [3.8, 4) is 11.5 Å². The van der Waals surface area contributed by atoms with Gasteiger partial charge in [-0.05, 0) is 53.4 Å². The van der Waals surface area contributed by atoms with Gasteiger partial charge in [0.15, 0.2) is 0 Å². The lowest BCUT2D eigenvalue weighted by atomic mass is 10.0. The van der Waals surface area contributed by atoms with E-state index in [-0.39, 0.29) is 0 Å². The second-order valence-electron chi connectivity index (χ2n) is 6.64. The van der Waals surface area contributed by atoms with E-state index in [0.717, 1.165) is 22.9 Å². The molecular formula is C23H26N2O2. The van der Waals surface area contributed by atoms with E-state index in [0.29, 0.717) is 25.7 Å². The molecule has 0 aliphatic heterocycles. The van der Waals surface area contributed by atoms with Crippen LogP contribution >= 0.6 is 0 Å². The molecule has 4 nitrogen and oxygen atoms in total. The maximum absolute atomic E-state index is 5.81. The van der Waals surface area contributed by atoms with Crippen molar-refractivity contribution in [1.82, 2.24) is 4.98 Å². The molecule has 0 spiro atoms. The quantitative estimate of drug-likeness (QED) is 0.526. The van der Waals surface area contributed by atoms with Crippen molar-refractivity contribution < 1.29 is 9.47 Å². The predicted octanol–water partition coefficient (Wildman–Crippen LogP) is 5.27. The topological polar surface area (TPSA) is 43.4 Å². The molecule has 1 aromatic heterocycles. The summed E-state index contributed by atoms with van der Waals surface area (Å²) in [6.45, 7) is 6.08. The van der Waals surface area contributed by atoms with Crippen molar-refractivity contribution in [2.45, 2.75) is 26.3 Å². The third-order valence-electron chi connectivity index (χ3n) is 4.20. The monoisotopic (exact) mass is 362 g/mol. The average molecular weight is 362 g/mol. The molecule has 0 unspecified atom stereocenters. The van der Waals surface area contributed by atoms with Gasteiger partial charge in [0.2, 0.25) is 0 Å². The molecule has 140 valence electrons. The largest absolute Gasteiger partial charge is 0.490 e. The van der Waals surface area contributed by atoms with Crippen LogP contribution in [0.3, 0.4) is 0 Å². The fraction of sp³-hybridized carbons (Fsp3) is 0.261. The summed E-state index contributed by atoms with van der Waals surface area (Å²) in [5.74, 6) is 3.10. The summed E-state index contributed by atoms with van der Waals surface area (Å²) >= 11 is 0. The number of rotatable bonds is 9. The van der Waals surface area contributed by atoms with Crippen LogP contribution in [0, 0.1) is 0 Å². The van der Waals surface area contributed by atoms with Crippen LogP contribution < -0.4 is 14.8 Å². The van der Waals surface area contributed by atoms with E-state index in [1.807, 2.05) is 48.5 Å². The molecule has 0 atom stereocenters. The molecule has 0 saturated carbocycles. The summed E-state index contributed by atoms with van der Waals surface area (Å²) in [6, 6.07) is 22.1. The van der Waals surface area contributed by atoms with E-state index >= 15 is 0 Å². The number of anilines is 1. The van der Waals surface area contributed by atoms with Crippen molar-refractivity contribution in [2.24, 2.45) is 0 Å². The minimum absolute atomic E-state index is 0.503. The molecule has 1 heterocycles. The zero-order valence-electron chi connectivity index (χ0n) is 15.9. The smallest absolute Gasteiger partial charge is 0.126 e. The maximum atomic E-state index is 5.81. The SMILES string of the molecule is CC(C)c1ccc(OCCOc2cccc(CNc3ccccn3)c2)cc1. The Hall–Kier alpha value is -3.01. The van der Waals surface area contributed by atoms with E-state index in [4.69, 9.17) is 9.47 Å². The molecule has 0 aliphatic rings. The Morgan fingerprint density at radius 3 is 2.33 bits per heavy atom. The summed E-state index contributed by atoms with van der Waals surface area (Å²) < 4.78 is 11.6. The van der Waals surface area contributed by atoms with Gasteiger partial charge < -0.3 is 14.8 Å². The fourth-order valence-corrected chi connectivity index (χ4v) is 2.67. The van der Waals surface area contributed by atoms with Crippen LogP contribution in [0.15, 0.2) is 72.9 Å². The minimum atomic E-state index is 0.503. The van der Waals surface area contributed by atoms with Gasteiger partial charge in [-0.3, -0.25) is 0 Å². The van der Waals surface area contributed by atoms with Gasteiger partial charge in [-0.15, -0.1) is 0 Å². The van der Waals surface area contributed by atoms with Crippen LogP contribution in [0.5, 0.6) is 11.5 Å². The molecule has 0 aliphatic carbocycles. The highest BCUT2D eigenvalue weighted by atomic mass is 16.5. The molecular weight excluding hydrogens is 336 g/mol. The molecule has 4 heteroatoms. The number of nitrogens with zero attached hydrogens (tertiary/aromatic N) is 1. The Labute approximate surface area is 161 Å². The first kappa shape index (κ1) is 18.8. The molecule has 0 radical (unpaired) electrons. The van der Waals surface area contributed by atoms with E-state index in [1.54, 1.807) is 6.20 Å². The van der Waals surface area contributed by atoms with Crippen LogP contribution in [-0.4, -0.2) is 18.2 Å². The van der Waals surface area contributed by atoms with Gasteiger partial charge in [-0.25, -0.2) is 4.98 Å². The molecule has 0 saturated heterocycles. The third kappa shape index (κ3) is 6.03. The van der Waals surface area contributed by atoms with Crippen molar-refractivity contribution >= 4 is 5.82 Å². The van der Waals surface area contributed by atoms with Gasteiger partial charge in [-0.2, -0.15) is 0 Å². The second kappa shape index (κ2) is 9.62. The van der Waals surface area contributed by atoms with E-state index in [9.17, 15) is 0 Å². The maximum Gasteiger partial charge on any atom is 0.126 e. The van der Waals surface area contributed by atoms with Crippen LogP contribution in [0.2, 0.25) is 0 Å². The highest BCUT2D eigenvalue weighted by molar-refractivity contribution is 5.36. The van der Waals surface area contributed by atoms with Gasteiger partial charge in [0.05, 0.1) is 0 Å². The van der Waals surface area contributed by atoms with Crippen LogP contribution in [0.1, 0.15) is 30.9 Å². The lowest BCUT2D eigenvalue weighted by Gasteiger charge is -2.11. The fourth-order valence-electron chi connectivity index (χ4n) is 2.67. The van der Waals surface area contributed by atoms with Crippen molar-refractivity contribution in [3.63, 3.8) is 0 Å². The van der Waals surface area contributed by atoms with Gasteiger partial charge in [-0.1, -0.05) is 44.2 Å². The zero-order chi connectivity index (χ0) is 18.9. The highest BCUT2D eigenvalue weighted by Gasteiger charge is 2.01. The Balaban J connectivity index is 1.43. The Kier molecular flexibility index (Phi) is 6.69. The Morgan fingerprint density at radius 1 is 0.852 bits per heavy atom. The standard InChI is InChI=1S/C23H26N2O2/c1-18(2)20-9-11-21(12-10-20)26-14-15-27-22-7-5-6-19(16-22)17-25-23-8-3-4-13-24-23/h3-13,16,18H,14-15,17H2,1-2H3,(H,24,25). The first-order valence-corrected chi connectivity index (χ1v) is 9.30. The van der Waals surface area contributed by atoms with Crippen LogP contribution in [-0.2, 0) is 6.54 Å². The number of ether oxygens (including phenoxy) is 2. The number of pyridine rings is 1. The van der Waals surface area contributed by atoms with Crippen molar-refractivity contribution in [3.05, 3.63) is 84.1 Å². The van der Waals surface area contributed by atoms with Gasteiger partial charge in [0, 0.05) is 12.7 Å². The minimum Gasteiger partial charge on any atom is -0.490 e. The van der Waals surface area contributed by atoms with E-state index in [2.05, 4.69) is 42.3 Å². The normalized spacial score (nSPS) is 10.6. The molecule has 27 heavy (non-hydrogen) atoms. The molecule has 3 aromatic rings. The molecule has 0 amide bonds. The lowest BCUT2D eigenvalue weighted by molar-refractivity contribution is 0.217. The lowest BCUT2D eigenvalue weighted by Crippen LogP contribution is -2.09. The highest BCUT2D eigenvalue weighted by Crippen LogP contribution is 2.19. The summed E-state index contributed by atoms with van der Waals surface area (Å²) in [5, 5.41) is 3.30. The van der Waals surface area contributed by atoms with E-state index < -0.39 is 0 Å². The van der Waals surface area contributed by atoms with Crippen molar-refractivity contribution in [1.29, 1.82) is 0 Å². The molecule has 0 fully saturated rings. The first-order valence-electron chi connectivity index (χ1n) is 9.30. The molecule has 0 bridgehead atoms. The summed E-state index contributed by atoms with van der Waals surface area (Å²) in [6.07, 6.45) is 1.78. The summed E-state index contributed by atoms with van der Waals surface area (Å²) in [5.41, 5.74) is 2.46. The zero-order valence-corrected chi connectivity index (χ0v) is 15.9. The Morgan fingerprint density at radius 2 is 1.63 bits per heavy atom. The van der Waals surface area contributed by atoms with E-state index in [1.165, 1.54) is 5.56 Å². The number of aromatic nitrogens is 1. The first-order chi connectivity index (χ1) is 13.2. The molecule has 3 rings (SSSR count). The number of nitrogens with one attached hydrogen (secondary N) is 1. The number of hydrogen-bond acceptors (Lipinski definition) is 4. The number of hydrogen-bond donors (Lipinski definition) is 1. The third-order valence-corrected chi connectivity index (χ3v) is 4.20. The summed E-state index contributed by atoms with van der Waals surface area (Å²) in [4.78, 5) is 4.26.